The first-order valence-corrected chi connectivity index (χ1v) is 8.48. The van der Waals surface area contributed by atoms with Crippen molar-refractivity contribution in [3.8, 4) is 0 Å². The van der Waals surface area contributed by atoms with Crippen LogP contribution in [0.2, 0.25) is 0 Å². The van der Waals surface area contributed by atoms with Crippen LogP contribution in [0.4, 0.5) is 0 Å². The Kier molecular flexibility index (Phi) is 5.26. The van der Waals surface area contributed by atoms with Crippen molar-refractivity contribution in [2.45, 2.75) is 51.0 Å². The Balaban J connectivity index is 2.44. The van der Waals surface area contributed by atoms with Crippen molar-refractivity contribution in [2.24, 2.45) is 5.73 Å². The number of thioether (sulfide) groups is 1. The van der Waals surface area contributed by atoms with E-state index in [2.05, 4.69) is 0 Å². The molecule has 2 aliphatic rings. The van der Waals surface area contributed by atoms with Gasteiger partial charge in [-0.15, -0.1) is 11.8 Å². The van der Waals surface area contributed by atoms with Gasteiger partial charge in [0.2, 0.25) is 12.2 Å². The average Bonchev–Trinajstić information content (AvgIpc) is 2.48. The van der Waals surface area contributed by atoms with E-state index in [9.17, 15) is 14.4 Å². The lowest BCUT2D eigenvalue weighted by Gasteiger charge is -2.49. The van der Waals surface area contributed by atoms with Gasteiger partial charge in [-0.2, -0.15) is 0 Å². The fourth-order valence-electron chi connectivity index (χ4n) is 2.45. The van der Waals surface area contributed by atoms with Crippen LogP contribution in [0, 0.1) is 0 Å². The lowest BCUT2D eigenvalue weighted by atomic mass is 10.0. The molecule has 0 radical (unpaired) electrons. The van der Waals surface area contributed by atoms with E-state index < -0.39 is 29.9 Å². The van der Waals surface area contributed by atoms with E-state index in [-0.39, 0.29) is 17.0 Å². The summed E-state index contributed by atoms with van der Waals surface area (Å²) in [6, 6.07) is -0.663. The molecule has 0 spiro atoms. The monoisotopic (exact) mass is 358 g/mol. The molecule has 0 aliphatic carbocycles. The fraction of sp³-hybridized carbons (Fsp3) is 0.667. The molecule has 2 N–H and O–H groups in total. The summed E-state index contributed by atoms with van der Waals surface area (Å²) in [5, 5.41) is -0.335. The van der Waals surface area contributed by atoms with Crippen molar-refractivity contribution in [1.82, 2.24) is 4.90 Å². The summed E-state index contributed by atoms with van der Waals surface area (Å²) in [4.78, 5) is 37.4. The maximum absolute atomic E-state index is 12.7. The van der Waals surface area contributed by atoms with Gasteiger partial charge < -0.3 is 19.9 Å². The topological polar surface area (TPSA) is 108 Å². The Bertz CT molecular complexity index is 597. The van der Waals surface area contributed by atoms with Gasteiger partial charge >= 0.3 is 11.9 Å². The molecule has 0 aromatic heterocycles. The molecule has 0 aromatic carbocycles. The second-order valence-electron chi connectivity index (χ2n) is 6.49. The van der Waals surface area contributed by atoms with Crippen LogP contribution in [0.15, 0.2) is 11.3 Å². The Morgan fingerprint density at radius 3 is 2.50 bits per heavy atom. The Labute approximate surface area is 144 Å². The Morgan fingerprint density at radius 2 is 2.00 bits per heavy atom. The van der Waals surface area contributed by atoms with Gasteiger partial charge in [0.25, 0.3) is 0 Å². The van der Waals surface area contributed by atoms with Gasteiger partial charge in [-0.25, -0.2) is 4.79 Å². The second kappa shape index (κ2) is 6.73. The molecule has 1 unspecified atom stereocenters. The van der Waals surface area contributed by atoms with Crippen molar-refractivity contribution in [2.75, 3.05) is 12.9 Å². The van der Waals surface area contributed by atoms with Crippen molar-refractivity contribution in [1.29, 1.82) is 0 Å². The molecule has 8 nitrogen and oxygen atoms in total. The molecule has 1 saturated heterocycles. The number of rotatable bonds is 4. The third-order valence-corrected chi connectivity index (χ3v) is 4.73. The van der Waals surface area contributed by atoms with Gasteiger partial charge in [0, 0.05) is 25.4 Å². The summed E-state index contributed by atoms with van der Waals surface area (Å²) in [6.07, 6.45) is -1.07. The van der Waals surface area contributed by atoms with E-state index in [0.29, 0.717) is 11.3 Å². The van der Waals surface area contributed by atoms with Gasteiger partial charge in [-0.1, -0.05) is 0 Å². The number of esters is 2. The van der Waals surface area contributed by atoms with E-state index in [1.54, 1.807) is 20.8 Å². The molecule has 1 fully saturated rings. The molecule has 2 aliphatic heterocycles. The molecule has 0 saturated carbocycles. The van der Waals surface area contributed by atoms with Gasteiger partial charge in [-0.05, 0) is 20.8 Å². The summed E-state index contributed by atoms with van der Waals surface area (Å²) >= 11 is 1.39. The Morgan fingerprint density at radius 1 is 1.38 bits per heavy atom. The lowest BCUT2D eigenvalue weighted by molar-refractivity contribution is -0.166. The number of nitrogens with two attached hydrogens (primary N) is 1. The molecule has 3 atom stereocenters. The van der Waals surface area contributed by atoms with Crippen LogP contribution in [-0.2, 0) is 28.6 Å². The van der Waals surface area contributed by atoms with E-state index >= 15 is 0 Å². The largest absolute Gasteiger partial charge is 0.455 e. The molecule has 9 heteroatoms. The summed E-state index contributed by atoms with van der Waals surface area (Å²) in [6.45, 7) is 6.42. The molecule has 2 heterocycles. The third-order valence-electron chi connectivity index (χ3n) is 3.40. The van der Waals surface area contributed by atoms with E-state index in [1.807, 2.05) is 0 Å². The van der Waals surface area contributed by atoms with Crippen LogP contribution in [0.3, 0.4) is 0 Å². The minimum Gasteiger partial charge on any atom is -0.455 e. The van der Waals surface area contributed by atoms with Crippen LogP contribution >= 0.6 is 11.8 Å². The number of amides is 1. The highest BCUT2D eigenvalue weighted by molar-refractivity contribution is 8.00. The standard InChI is InChI=1S/C15H22N2O6S/c1-7(18)22-14(21-5)8-6-24-12-9(16)11(19)17(12)10(8)13(20)23-15(2,3)4/h9,12,14H,6,16H2,1-5H3/t9-,12+,14?/m0/s1. The highest BCUT2D eigenvalue weighted by Gasteiger charge is 2.53. The molecule has 134 valence electrons. The number of nitrogens with zero attached hydrogens (tertiary/aromatic N) is 1. The number of hydrogen-bond donors (Lipinski definition) is 1. The van der Waals surface area contributed by atoms with Crippen LogP contribution in [0.5, 0.6) is 0 Å². The van der Waals surface area contributed by atoms with E-state index in [1.165, 1.54) is 30.7 Å². The van der Waals surface area contributed by atoms with Crippen molar-refractivity contribution < 1.29 is 28.6 Å². The zero-order valence-corrected chi connectivity index (χ0v) is 15.1. The molecular formula is C15H22N2O6S. The lowest BCUT2D eigenvalue weighted by Crippen LogP contribution is -2.69. The summed E-state index contributed by atoms with van der Waals surface area (Å²) in [5.74, 6) is -1.26. The zero-order chi connectivity index (χ0) is 18.2. The molecule has 24 heavy (non-hydrogen) atoms. The number of fused-ring (bicyclic) bond motifs is 1. The highest BCUT2D eigenvalue weighted by atomic mass is 32.2. The summed E-state index contributed by atoms with van der Waals surface area (Å²) < 4.78 is 15.7. The number of carbonyl (C=O) groups excluding carboxylic acids is 3. The molecular weight excluding hydrogens is 336 g/mol. The zero-order valence-electron chi connectivity index (χ0n) is 14.3. The van der Waals surface area contributed by atoms with Gasteiger partial charge in [-0.3, -0.25) is 14.5 Å². The predicted molar refractivity (Wildman–Crippen MR) is 86.5 cm³/mol. The van der Waals surface area contributed by atoms with Crippen LogP contribution < -0.4 is 5.73 Å². The minimum absolute atomic E-state index is 0.0495. The number of hydrogen-bond acceptors (Lipinski definition) is 8. The summed E-state index contributed by atoms with van der Waals surface area (Å²) in [5.41, 5.74) is 5.48. The molecule has 2 rings (SSSR count). The average molecular weight is 358 g/mol. The highest BCUT2D eigenvalue weighted by Crippen LogP contribution is 2.41. The smallest absolute Gasteiger partial charge is 0.355 e. The van der Waals surface area contributed by atoms with Crippen molar-refractivity contribution in [3.63, 3.8) is 0 Å². The number of ether oxygens (including phenoxy) is 3. The second-order valence-corrected chi connectivity index (χ2v) is 7.59. The maximum Gasteiger partial charge on any atom is 0.355 e. The Hall–Kier alpha value is -1.58. The van der Waals surface area contributed by atoms with Crippen LogP contribution in [0.25, 0.3) is 0 Å². The van der Waals surface area contributed by atoms with Crippen LogP contribution in [-0.4, -0.2) is 58.9 Å². The predicted octanol–water partition coefficient (Wildman–Crippen LogP) is 0.360. The number of methoxy groups -OCH3 is 1. The van der Waals surface area contributed by atoms with Gasteiger partial charge in [0.05, 0.1) is 0 Å². The maximum atomic E-state index is 12.7. The van der Waals surface area contributed by atoms with Gasteiger partial charge in [0.1, 0.15) is 22.7 Å². The SMILES string of the molecule is COC(OC(C)=O)C1=C(C(=O)OC(C)(C)C)N2C(=O)[C@H](N)[C@H]2SC1. The normalized spacial score (nSPS) is 24.9. The number of β-lactam (4-membered cyclic amide) rings is 1. The van der Waals surface area contributed by atoms with E-state index in [4.69, 9.17) is 19.9 Å². The third kappa shape index (κ3) is 3.57. The van der Waals surface area contributed by atoms with Gasteiger partial charge in [0.15, 0.2) is 0 Å². The molecule has 0 aromatic rings. The molecule has 0 bridgehead atoms. The number of carbonyl (C=O) groups is 3. The summed E-state index contributed by atoms with van der Waals surface area (Å²) in [7, 11) is 1.35. The first-order valence-electron chi connectivity index (χ1n) is 7.43. The first kappa shape index (κ1) is 18.8. The first-order chi connectivity index (χ1) is 11.1. The van der Waals surface area contributed by atoms with Crippen molar-refractivity contribution in [3.05, 3.63) is 11.3 Å². The molecule has 1 amide bonds. The van der Waals surface area contributed by atoms with Crippen LogP contribution in [0.1, 0.15) is 27.7 Å². The minimum atomic E-state index is -1.07. The fourth-order valence-corrected chi connectivity index (χ4v) is 3.75. The quantitative estimate of drug-likeness (QED) is 0.436. The van der Waals surface area contributed by atoms with E-state index in [0.717, 1.165) is 0 Å². The van der Waals surface area contributed by atoms with Crippen molar-refractivity contribution >= 4 is 29.6 Å².